The van der Waals surface area contributed by atoms with Crippen LogP contribution in [-0.4, -0.2) is 12.3 Å². The lowest BCUT2D eigenvalue weighted by molar-refractivity contribution is 0.911. The van der Waals surface area contributed by atoms with Crippen LogP contribution < -0.4 is 5.32 Å². The molecule has 0 saturated carbocycles. The molecule has 2 rings (SSSR count). The van der Waals surface area contributed by atoms with Crippen LogP contribution in [0.4, 0.5) is 5.69 Å². The molecule has 1 aliphatic carbocycles. The summed E-state index contributed by atoms with van der Waals surface area (Å²) in [5.74, 6) is 0.956. The first kappa shape index (κ1) is 9.91. The van der Waals surface area contributed by atoms with Gasteiger partial charge in [-0.3, -0.25) is 0 Å². The molecular formula is C12H17NS. The standard InChI is InChI=1S/C12H17NS/c14-8-2-7-13-12-6-5-10-3-1-4-11(10)9-12/h5-6,9,13-14H,1-4,7-8H2. The number of aryl methyl sites for hydroxylation is 2. The molecule has 0 aromatic heterocycles. The molecule has 2 heteroatoms. The Hall–Kier alpha value is -0.630. The van der Waals surface area contributed by atoms with Crippen LogP contribution in [0.25, 0.3) is 0 Å². The van der Waals surface area contributed by atoms with Crippen LogP contribution in [0.15, 0.2) is 18.2 Å². The molecule has 14 heavy (non-hydrogen) atoms. The number of fused-ring (bicyclic) bond motifs is 1. The number of rotatable bonds is 4. The minimum atomic E-state index is 0.956. The monoisotopic (exact) mass is 207 g/mol. The normalized spacial score (nSPS) is 14.1. The second kappa shape index (κ2) is 4.74. The Kier molecular flexibility index (Phi) is 3.35. The van der Waals surface area contributed by atoms with Crippen molar-refractivity contribution >= 4 is 18.3 Å². The fourth-order valence-corrected chi connectivity index (χ4v) is 2.15. The molecule has 0 atom stereocenters. The summed E-state index contributed by atoms with van der Waals surface area (Å²) < 4.78 is 0. The fraction of sp³-hybridized carbons (Fsp3) is 0.500. The van der Waals surface area contributed by atoms with Gasteiger partial charge in [-0.25, -0.2) is 0 Å². The van der Waals surface area contributed by atoms with Gasteiger partial charge in [0.2, 0.25) is 0 Å². The van der Waals surface area contributed by atoms with Gasteiger partial charge in [0.05, 0.1) is 0 Å². The number of anilines is 1. The van der Waals surface area contributed by atoms with E-state index in [-0.39, 0.29) is 0 Å². The maximum atomic E-state index is 4.19. The summed E-state index contributed by atoms with van der Waals surface area (Å²) in [4.78, 5) is 0. The summed E-state index contributed by atoms with van der Waals surface area (Å²) in [5, 5.41) is 3.43. The summed E-state index contributed by atoms with van der Waals surface area (Å²) in [6.07, 6.45) is 4.99. The zero-order valence-electron chi connectivity index (χ0n) is 8.42. The van der Waals surface area contributed by atoms with Gasteiger partial charge < -0.3 is 5.32 Å². The topological polar surface area (TPSA) is 12.0 Å². The number of thiol groups is 1. The highest BCUT2D eigenvalue weighted by Gasteiger charge is 2.10. The van der Waals surface area contributed by atoms with Gasteiger partial charge in [0, 0.05) is 12.2 Å². The Bertz CT molecular complexity index is 309. The third kappa shape index (κ3) is 2.24. The van der Waals surface area contributed by atoms with E-state index in [2.05, 4.69) is 36.1 Å². The predicted octanol–water partition coefficient (Wildman–Crippen LogP) is 2.91. The average Bonchev–Trinajstić information content (AvgIpc) is 2.65. The Morgan fingerprint density at radius 3 is 2.93 bits per heavy atom. The van der Waals surface area contributed by atoms with E-state index < -0.39 is 0 Å². The zero-order valence-corrected chi connectivity index (χ0v) is 9.32. The molecule has 0 fully saturated rings. The quantitative estimate of drug-likeness (QED) is 0.571. The minimum Gasteiger partial charge on any atom is -0.385 e. The molecule has 1 aromatic carbocycles. The Balaban J connectivity index is 1.98. The molecule has 1 N–H and O–H groups in total. The molecular weight excluding hydrogens is 190 g/mol. The first-order chi connectivity index (χ1) is 6.90. The molecule has 0 saturated heterocycles. The summed E-state index contributed by atoms with van der Waals surface area (Å²) >= 11 is 4.19. The Morgan fingerprint density at radius 2 is 2.07 bits per heavy atom. The van der Waals surface area contributed by atoms with Gasteiger partial charge in [0.15, 0.2) is 0 Å². The van der Waals surface area contributed by atoms with Crippen LogP contribution in [0, 0.1) is 0 Å². The van der Waals surface area contributed by atoms with Crippen LogP contribution in [-0.2, 0) is 12.8 Å². The van der Waals surface area contributed by atoms with Crippen molar-refractivity contribution in [1.29, 1.82) is 0 Å². The molecule has 0 bridgehead atoms. The SMILES string of the molecule is SCCCNc1ccc2c(c1)CCC2. The summed E-state index contributed by atoms with van der Waals surface area (Å²) in [5.41, 5.74) is 4.36. The van der Waals surface area contributed by atoms with E-state index in [1.165, 1.54) is 24.9 Å². The summed E-state index contributed by atoms with van der Waals surface area (Å²) in [7, 11) is 0. The van der Waals surface area contributed by atoms with E-state index in [4.69, 9.17) is 0 Å². The van der Waals surface area contributed by atoms with E-state index in [0.717, 1.165) is 18.7 Å². The van der Waals surface area contributed by atoms with Crippen molar-refractivity contribution in [3.8, 4) is 0 Å². The molecule has 0 spiro atoms. The Labute approximate surface area is 91.3 Å². The highest BCUT2D eigenvalue weighted by Crippen LogP contribution is 2.24. The van der Waals surface area contributed by atoms with E-state index in [1.807, 2.05) is 0 Å². The van der Waals surface area contributed by atoms with Crippen molar-refractivity contribution in [2.75, 3.05) is 17.6 Å². The van der Waals surface area contributed by atoms with E-state index in [1.54, 1.807) is 11.1 Å². The number of nitrogens with one attached hydrogen (secondary N) is 1. The highest BCUT2D eigenvalue weighted by atomic mass is 32.1. The average molecular weight is 207 g/mol. The van der Waals surface area contributed by atoms with Gasteiger partial charge in [0.1, 0.15) is 0 Å². The maximum absolute atomic E-state index is 4.19. The van der Waals surface area contributed by atoms with Crippen LogP contribution in [0.1, 0.15) is 24.0 Å². The first-order valence-electron chi connectivity index (χ1n) is 5.36. The second-order valence-electron chi connectivity index (χ2n) is 3.84. The number of hydrogen-bond donors (Lipinski definition) is 2. The van der Waals surface area contributed by atoms with Crippen LogP contribution >= 0.6 is 12.6 Å². The molecule has 0 unspecified atom stereocenters. The lowest BCUT2D eigenvalue weighted by atomic mass is 10.1. The molecule has 76 valence electrons. The van der Waals surface area contributed by atoms with Gasteiger partial charge in [-0.1, -0.05) is 6.07 Å². The maximum Gasteiger partial charge on any atom is 0.0343 e. The third-order valence-corrected chi connectivity index (χ3v) is 3.08. The molecule has 1 aromatic rings. The Morgan fingerprint density at radius 1 is 1.21 bits per heavy atom. The highest BCUT2D eigenvalue weighted by molar-refractivity contribution is 7.80. The van der Waals surface area contributed by atoms with Gasteiger partial charge >= 0.3 is 0 Å². The summed E-state index contributed by atoms with van der Waals surface area (Å²) in [6.45, 7) is 1.03. The first-order valence-corrected chi connectivity index (χ1v) is 6.00. The van der Waals surface area contributed by atoms with Gasteiger partial charge in [0.25, 0.3) is 0 Å². The van der Waals surface area contributed by atoms with Crippen LogP contribution in [0.5, 0.6) is 0 Å². The van der Waals surface area contributed by atoms with Crippen molar-refractivity contribution in [2.45, 2.75) is 25.7 Å². The molecule has 0 heterocycles. The lowest BCUT2D eigenvalue weighted by Crippen LogP contribution is -2.02. The smallest absolute Gasteiger partial charge is 0.0343 e. The van der Waals surface area contributed by atoms with E-state index >= 15 is 0 Å². The molecule has 0 radical (unpaired) electrons. The van der Waals surface area contributed by atoms with Crippen molar-refractivity contribution in [3.05, 3.63) is 29.3 Å². The van der Waals surface area contributed by atoms with E-state index in [9.17, 15) is 0 Å². The van der Waals surface area contributed by atoms with Gasteiger partial charge in [-0.15, -0.1) is 0 Å². The van der Waals surface area contributed by atoms with Crippen LogP contribution in [0.2, 0.25) is 0 Å². The lowest BCUT2D eigenvalue weighted by Gasteiger charge is -2.07. The van der Waals surface area contributed by atoms with Gasteiger partial charge in [-0.05, 0) is 54.7 Å². The van der Waals surface area contributed by atoms with Crippen molar-refractivity contribution in [3.63, 3.8) is 0 Å². The van der Waals surface area contributed by atoms with Crippen molar-refractivity contribution < 1.29 is 0 Å². The largest absolute Gasteiger partial charge is 0.385 e. The van der Waals surface area contributed by atoms with Crippen molar-refractivity contribution in [2.24, 2.45) is 0 Å². The minimum absolute atomic E-state index is 0.956. The number of hydrogen-bond acceptors (Lipinski definition) is 2. The van der Waals surface area contributed by atoms with Crippen LogP contribution in [0.3, 0.4) is 0 Å². The third-order valence-electron chi connectivity index (χ3n) is 2.76. The van der Waals surface area contributed by atoms with E-state index in [0.29, 0.717) is 0 Å². The zero-order chi connectivity index (χ0) is 9.80. The van der Waals surface area contributed by atoms with Crippen molar-refractivity contribution in [1.82, 2.24) is 0 Å². The molecule has 1 nitrogen and oxygen atoms in total. The molecule has 1 aliphatic rings. The van der Waals surface area contributed by atoms with Gasteiger partial charge in [-0.2, -0.15) is 12.6 Å². The second-order valence-corrected chi connectivity index (χ2v) is 4.29. The molecule has 0 amide bonds. The molecule has 0 aliphatic heterocycles. The summed E-state index contributed by atoms with van der Waals surface area (Å²) in [6, 6.07) is 6.77. The number of benzene rings is 1. The predicted molar refractivity (Wildman–Crippen MR) is 65.4 cm³/mol. The fourth-order valence-electron chi connectivity index (χ4n) is 1.99.